The zero-order valence-electron chi connectivity index (χ0n) is 7.77. The highest BCUT2D eigenvalue weighted by molar-refractivity contribution is 6.48. The molecule has 0 atom stereocenters. The number of primary amides is 1. The van der Waals surface area contributed by atoms with Crippen molar-refractivity contribution in [2.75, 3.05) is 13.2 Å². The first-order valence-corrected chi connectivity index (χ1v) is 6.01. The Labute approximate surface area is 83.0 Å². The Balaban J connectivity index is 3.11. The van der Waals surface area contributed by atoms with E-state index in [1.807, 2.05) is 0 Å². The molecule has 7 nitrogen and oxygen atoms in total. The van der Waals surface area contributed by atoms with Gasteiger partial charge in [-0.3, -0.25) is 0 Å². The molecule has 0 rings (SSSR count). The summed E-state index contributed by atoms with van der Waals surface area (Å²) < 4.78 is 4.35. The van der Waals surface area contributed by atoms with Crippen LogP contribution in [0.4, 0.5) is 4.79 Å². The highest BCUT2D eigenvalue weighted by atomic mass is 28.4. The van der Waals surface area contributed by atoms with E-state index in [2.05, 4.69) is 9.74 Å². The fourth-order valence-corrected chi connectivity index (χ4v) is 1.24. The molecule has 6 N–H and O–H groups in total. The summed E-state index contributed by atoms with van der Waals surface area (Å²) in [4.78, 5) is 35.6. The van der Waals surface area contributed by atoms with Gasteiger partial charge in [-0.1, -0.05) is 0 Å². The Bertz CT molecular complexity index is 172. The van der Waals surface area contributed by atoms with Crippen LogP contribution in [0.2, 0.25) is 0 Å². The molecule has 14 heavy (non-hydrogen) atoms. The fraction of sp³-hybridized carbons (Fsp3) is 0.833. The van der Waals surface area contributed by atoms with Crippen LogP contribution in [-0.4, -0.2) is 42.6 Å². The first-order chi connectivity index (χ1) is 6.42. The second kappa shape index (κ2) is 6.73. The van der Waals surface area contributed by atoms with E-state index < -0.39 is 15.1 Å². The van der Waals surface area contributed by atoms with Crippen molar-refractivity contribution < 1.29 is 23.6 Å². The zero-order valence-corrected chi connectivity index (χ0v) is 8.77. The third-order valence-corrected chi connectivity index (χ3v) is 2.01. The Morgan fingerprint density at radius 1 is 1.29 bits per heavy atom. The minimum Gasteiger partial charge on any atom is -0.368 e. The molecule has 0 heterocycles. The van der Waals surface area contributed by atoms with E-state index in [1.54, 1.807) is 0 Å². The van der Waals surface area contributed by atoms with Gasteiger partial charge < -0.3 is 29.9 Å². The Hall–Kier alpha value is -0.673. The summed E-state index contributed by atoms with van der Waals surface area (Å²) >= 11 is 0. The van der Waals surface area contributed by atoms with Gasteiger partial charge in [0, 0.05) is 13.2 Å². The first-order valence-electron chi connectivity index (χ1n) is 4.26. The normalized spacial score (nSPS) is 11.4. The van der Waals surface area contributed by atoms with E-state index in [4.69, 9.17) is 20.1 Å². The first kappa shape index (κ1) is 13.3. The number of unbranched alkanes of at least 4 members (excludes halogenated alkanes) is 2. The molecular formula is C6H16N2O5Si. The number of nitrogens with one attached hydrogen (secondary N) is 1. The van der Waals surface area contributed by atoms with Gasteiger partial charge in [0.05, 0.1) is 0 Å². The number of hydrogen-bond acceptors (Lipinski definition) is 5. The number of carbonyl (C=O) groups is 1. The lowest BCUT2D eigenvalue weighted by molar-refractivity contribution is 0.0619. The maximum atomic E-state index is 10.2. The summed E-state index contributed by atoms with van der Waals surface area (Å²) in [5.74, 6) is 0. The summed E-state index contributed by atoms with van der Waals surface area (Å²) in [6, 6.07) is -0.561. The molecule has 0 fully saturated rings. The van der Waals surface area contributed by atoms with Gasteiger partial charge in [0.25, 0.3) is 0 Å². The average Bonchev–Trinajstić information content (AvgIpc) is 2.00. The minimum absolute atomic E-state index is 0.0896. The van der Waals surface area contributed by atoms with E-state index >= 15 is 0 Å². The SMILES string of the molecule is NC(=O)NCCCCCO[Si](O)(O)O. The Morgan fingerprint density at radius 2 is 1.93 bits per heavy atom. The molecule has 0 radical (unpaired) electrons. The molecule has 0 spiro atoms. The van der Waals surface area contributed by atoms with Crippen molar-refractivity contribution in [1.82, 2.24) is 5.32 Å². The van der Waals surface area contributed by atoms with Crippen LogP contribution in [0, 0.1) is 0 Å². The van der Waals surface area contributed by atoms with Gasteiger partial charge in [-0.25, -0.2) is 4.79 Å². The van der Waals surface area contributed by atoms with Crippen molar-refractivity contribution >= 4 is 15.1 Å². The molecule has 0 bridgehead atoms. The van der Waals surface area contributed by atoms with Crippen molar-refractivity contribution in [1.29, 1.82) is 0 Å². The van der Waals surface area contributed by atoms with E-state index in [-0.39, 0.29) is 6.61 Å². The lowest BCUT2D eigenvalue weighted by Gasteiger charge is -2.09. The number of carbonyl (C=O) groups excluding carboxylic acids is 1. The lowest BCUT2D eigenvalue weighted by Crippen LogP contribution is -2.39. The third-order valence-electron chi connectivity index (χ3n) is 1.42. The van der Waals surface area contributed by atoms with Gasteiger partial charge in [-0.15, -0.1) is 0 Å². The number of rotatable bonds is 7. The third kappa shape index (κ3) is 11.3. The van der Waals surface area contributed by atoms with Gasteiger partial charge in [0.2, 0.25) is 0 Å². The van der Waals surface area contributed by atoms with Crippen LogP contribution in [-0.2, 0) is 4.43 Å². The topological polar surface area (TPSA) is 125 Å². The summed E-state index contributed by atoms with van der Waals surface area (Å²) in [5.41, 5.74) is 4.82. The summed E-state index contributed by atoms with van der Waals surface area (Å²) in [7, 11) is -4.33. The second-order valence-electron chi connectivity index (χ2n) is 2.77. The van der Waals surface area contributed by atoms with Crippen LogP contribution in [0.25, 0.3) is 0 Å². The number of hydrogen-bond donors (Lipinski definition) is 5. The molecule has 0 aromatic rings. The van der Waals surface area contributed by atoms with Crippen LogP contribution in [0.1, 0.15) is 19.3 Å². The molecule has 0 aliphatic rings. The quantitative estimate of drug-likeness (QED) is 0.259. The molecule has 0 aliphatic heterocycles. The fourth-order valence-electron chi connectivity index (χ4n) is 0.825. The maximum Gasteiger partial charge on any atom is 0.671 e. The van der Waals surface area contributed by atoms with Gasteiger partial charge in [0.1, 0.15) is 0 Å². The van der Waals surface area contributed by atoms with E-state index in [0.29, 0.717) is 13.0 Å². The number of nitrogens with two attached hydrogens (primary N) is 1. The smallest absolute Gasteiger partial charge is 0.368 e. The highest BCUT2D eigenvalue weighted by Gasteiger charge is 2.29. The monoisotopic (exact) mass is 224 g/mol. The molecule has 0 aromatic carbocycles. The molecule has 2 amide bonds. The minimum atomic E-state index is -4.33. The van der Waals surface area contributed by atoms with Crippen LogP contribution < -0.4 is 11.1 Å². The highest BCUT2D eigenvalue weighted by Crippen LogP contribution is 1.97. The molecule has 0 saturated carbocycles. The molecule has 0 aliphatic carbocycles. The van der Waals surface area contributed by atoms with Crippen molar-refractivity contribution in [3.63, 3.8) is 0 Å². The summed E-state index contributed by atoms with van der Waals surface area (Å²) in [6.45, 7) is 0.571. The Morgan fingerprint density at radius 3 is 2.43 bits per heavy atom. The van der Waals surface area contributed by atoms with E-state index in [0.717, 1.165) is 12.8 Å². The van der Waals surface area contributed by atoms with Crippen LogP contribution in [0.3, 0.4) is 0 Å². The Kier molecular flexibility index (Phi) is 6.41. The standard InChI is InChI=1S/C6H16N2O5Si/c7-6(9)8-4-2-1-3-5-13-14(10,11)12/h10-12H,1-5H2,(H3,7,8,9). The van der Waals surface area contributed by atoms with Crippen molar-refractivity contribution in [3.05, 3.63) is 0 Å². The summed E-state index contributed by atoms with van der Waals surface area (Å²) in [5, 5.41) is 2.41. The number of urea groups is 1. The molecule has 0 aromatic heterocycles. The van der Waals surface area contributed by atoms with Crippen molar-refractivity contribution in [2.24, 2.45) is 5.73 Å². The average molecular weight is 224 g/mol. The van der Waals surface area contributed by atoms with Crippen LogP contribution in [0.5, 0.6) is 0 Å². The molecule has 0 unspecified atom stereocenters. The largest absolute Gasteiger partial charge is 0.671 e. The predicted octanol–water partition coefficient (Wildman–Crippen LogP) is -1.75. The second-order valence-corrected chi connectivity index (χ2v) is 4.21. The molecular weight excluding hydrogens is 208 g/mol. The van der Waals surface area contributed by atoms with Gasteiger partial charge >= 0.3 is 15.1 Å². The van der Waals surface area contributed by atoms with Crippen LogP contribution >= 0.6 is 0 Å². The van der Waals surface area contributed by atoms with Gasteiger partial charge in [-0.05, 0) is 19.3 Å². The zero-order chi connectivity index (χ0) is 11.0. The van der Waals surface area contributed by atoms with Crippen LogP contribution in [0.15, 0.2) is 0 Å². The van der Waals surface area contributed by atoms with Gasteiger partial charge in [-0.2, -0.15) is 0 Å². The number of amides is 2. The molecule has 84 valence electrons. The maximum absolute atomic E-state index is 10.2. The van der Waals surface area contributed by atoms with Crippen molar-refractivity contribution in [3.8, 4) is 0 Å². The van der Waals surface area contributed by atoms with Crippen molar-refractivity contribution in [2.45, 2.75) is 19.3 Å². The van der Waals surface area contributed by atoms with Gasteiger partial charge in [0.15, 0.2) is 0 Å². The summed E-state index contributed by atoms with van der Waals surface area (Å²) in [6.07, 6.45) is 2.05. The molecule has 8 heteroatoms. The lowest BCUT2D eigenvalue weighted by atomic mass is 10.2. The molecule has 0 saturated heterocycles. The van der Waals surface area contributed by atoms with E-state index in [9.17, 15) is 4.79 Å². The van der Waals surface area contributed by atoms with E-state index in [1.165, 1.54) is 0 Å². The predicted molar refractivity (Wildman–Crippen MR) is 49.8 cm³/mol.